The molecule has 0 aromatic rings. The molecule has 6 nitrogen and oxygen atoms in total. The Bertz CT molecular complexity index is 368. The first-order valence-electron chi connectivity index (χ1n) is 6.74. The molecule has 2 saturated heterocycles. The lowest BCUT2D eigenvalue weighted by atomic mass is 9.67. The predicted molar refractivity (Wildman–Crippen MR) is 63.3 cm³/mol. The van der Waals surface area contributed by atoms with Crippen LogP contribution in [0.1, 0.15) is 26.2 Å². The molecule has 2 heterocycles. The third kappa shape index (κ3) is 1.70. The fourth-order valence-corrected chi connectivity index (χ4v) is 3.98. The molecule has 1 aliphatic carbocycles. The summed E-state index contributed by atoms with van der Waals surface area (Å²) in [5.41, 5.74) is -0.758. The van der Waals surface area contributed by atoms with Gasteiger partial charge in [-0.25, -0.2) is 4.79 Å². The molecule has 1 saturated carbocycles. The zero-order valence-electron chi connectivity index (χ0n) is 11.5. The molecule has 0 radical (unpaired) electrons. The predicted octanol–water partition coefficient (Wildman–Crippen LogP) is 1.67. The van der Waals surface area contributed by atoms with Gasteiger partial charge in [0.25, 0.3) is 0 Å². The second kappa shape index (κ2) is 4.61. The maximum atomic E-state index is 11.6. The molecule has 2 aliphatic heterocycles. The minimum atomic E-state index is -0.758. The smallest absolute Gasteiger partial charge is 0.420 e. The Morgan fingerprint density at radius 1 is 1.32 bits per heavy atom. The van der Waals surface area contributed by atoms with Crippen LogP contribution < -0.4 is 0 Å². The molecule has 19 heavy (non-hydrogen) atoms. The van der Waals surface area contributed by atoms with Gasteiger partial charge in [-0.05, 0) is 19.8 Å². The third-order valence-corrected chi connectivity index (χ3v) is 4.72. The highest BCUT2D eigenvalue weighted by molar-refractivity contribution is 5.64. The zero-order valence-corrected chi connectivity index (χ0v) is 11.5. The van der Waals surface area contributed by atoms with Gasteiger partial charge in [-0.3, -0.25) is 0 Å². The Kier molecular flexibility index (Phi) is 3.19. The number of hydrogen-bond donors (Lipinski definition) is 0. The molecule has 0 bridgehead atoms. The van der Waals surface area contributed by atoms with Gasteiger partial charge in [0.1, 0.15) is 0 Å². The van der Waals surface area contributed by atoms with Crippen LogP contribution in [0.3, 0.4) is 0 Å². The first-order chi connectivity index (χ1) is 9.13. The number of carbonyl (C=O) groups excluding carboxylic acids is 1. The second-order valence-electron chi connectivity index (χ2n) is 5.48. The van der Waals surface area contributed by atoms with E-state index in [4.69, 9.17) is 23.7 Å². The van der Waals surface area contributed by atoms with Crippen molar-refractivity contribution in [2.75, 3.05) is 14.2 Å². The van der Waals surface area contributed by atoms with Crippen LogP contribution in [0.25, 0.3) is 0 Å². The lowest BCUT2D eigenvalue weighted by molar-refractivity contribution is -0.215. The highest BCUT2D eigenvalue weighted by Gasteiger charge is 2.70. The summed E-state index contributed by atoms with van der Waals surface area (Å²) in [6.07, 6.45) is 1.16. The number of ether oxygens (including phenoxy) is 5. The molecule has 0 amide bonds. The molecular weight excluding hydrogens is 252 g/mol. The van der Waals surface area contributed by atoms with E-state index >= 15 is 0 Å². The van der Waals surface area contributed by atoms with Crippen molar-refractivity contribution >= 4 is 6.16 Å². The molecule has 0 aromatic carbocycles. The van der Waals surface area contributed by atoms with Crippen molar-refractivity contribution < 1.29 is 28.5 Å². The van der Waals surface area contributed by atoms with E-state index in [1.807, 2.05) is 6.92 Å². The van der Waals surface area contributed by atoms with Gasteiger partial charge in [-0.2, -0.15) is 0 Å². The van der Waals surface area contributed by atoms with Crippen molar-refractivity contribution in [3.63, 3.8) is 0 Å². The van der Waals surface area contributed by atoms with Crippen LogP contribution in [-0.2, 0) is 23.7 Å². The zero-order chi connectivity index (χ0) is 13.6. The molecule has 1 spiro atoms. The maximum absolute atomic E-state index is 11.6. The summed E-state index contributed by atoms with van der Waals surface area (Å²) in [6, 6.07) is 0. The summed E-state index contributed by atoms with van der Waals surface area (Å²) in [6.45, 7) is 2.00. The summed E-state index contributed by atoms with van der Waals surface area (Å²) in [7, 11) is 3.20. The summed E-state index contributed by atoms with van der Waals surface area (Å²) in [4.78, 5) is 11.6. The molecular formula is C13H20O6. The number of carbonyl (C=O) groups is 1. The average Bonchev–Trinajstić information content (AvgIpc) is 2.82. The molecule has 0 unspecified atom stereocenters. The van der Waals surface area contributed by atoms with Crippen LogP contribution in [0.4, 0.5) is 4.79 Å². The highest BCUT2D eigenvalue weighted by atomic mass is 16.9. The van der Waals surface area contributed by atoms with Gasteiger partial charge in [0.2, 0.25) is 6.29 Å². The van der Waals surface area contributed by atoms with E-state index < -0.39 is 24.3 Å². The van der Waals surface area contributed by atoms with E-state index in [-0.39, 0.29) is 17.9 Å². The Morgan fingerprint density at radius 3 is 2.74 bits per heavy atom. The molecule has 3 fully saturated rings. The van der Waals surface area contributed by atoms with Crippen LogP contribution in [0.15, 0.2) is 0 Å². The SMILES string of the molecule is COC(OC)[C@H]1CCC[C@@H]2[C@@H](C)O[C@H]3OC(=O)O[C@@]312. The number of methoxy groups -OCH3 is 2. The molecule has 5 atom stereocenters. The molecule has 0 aromatic heterocycles. The largest absolute Gasteiger partial charge is 0.511 e. The van der Waals surface area contributed by atoms with Crippen molar-refractivity contribution in [1.82, 2.24) is 0 Å². The van der Waals surface area contributed by atoms with Gasteiger partial charge >= 0.3 is 6.16 Å². The van der Waals surface area contributed by atoms with E-state index in [0.29, 0.717) is 0 Å². The van der Waals surface area contributed by atoms with Gasteiger partial charge in [0.15, 0.2) is 11.9 Å². The van der Waals surface area contributed by atoms with E-state index in [1.54, 1.807) is 14.2 Å². The van der Waals surface area contributed by atoms with E-state index in [9.17, 15) is 4.79 Å². The average molecular weight is 272 g/mol. The van der Waals surface area contributed by atoms with Crippen LogP contribution >= 0.6 is 0 Å². The van der Waals surface area contributed by atoms with Gasteiger partial charge in [-0.1, -0.05) is 6.42 Å². The first kappa shape index (κ1) is 13.1. The Labute approximate surface area is 112 Å². The summed E-state index contributed by atoms with van der Waals surface area (Å²) < 4.78 is 27.4. The summed E-state index contributed by atoms with van der Waals surface area (Å²) >= 11 is 0. The first-order valence-corrected chi connectivity index (χ1v) is 6.74. The molecule has 108 valence electrons. The standard InChI is InChI=1S/C13H20O6/c1-7-8-5-4-6-9(10(15-2)16-3)13(8)11(17-7)18-12(14)19-13/h7-11H,4-6H2,1-3H3/t7-,8-,9-,11+,13-/m1/s1. The topological polar surface area (TPSA) is 63.2 Å². The number of hydrogen-bond acceptors (Lipinski definition) is 6. The van der Waals surface area contributed by atoms with Crippen LogP contribution in [-0.4, -0.2) is 44.7 Å². The molecule has 3 rings (SSSR count). The van der Waals surface area contributed by atoms with E-state index in [1.165, 1.54) is 0 Å². The van der Waals surface area contributed by atoms with Crippen LogP contribution in [0.2, 0.25) is 0 Å². The van der Waals surface area contributed by atoms with Gasteiger partial charge in [0.05, 0.1) is 12.0 Å². The Hall–Kier alpha value is -0.850. The minimum absolute atomic E-state index is 0.00950. The third-order valence-electron chi connectivity index (χ3n) is 4.72. The van der Waals surface area contributed by atoms with E-state index in [2.05, 4.69) is 0 Å². The minimum Gasteiger partial charge on any atom is -0.420 e. The van der Waals surface area contributed by atoms with Crippen molar-refractivity contribution in [2.24, 2.45) is 11.8 Å². The fraction of sp³-hybridized carbons (Fsp3) is 0.923. The van der Waals surface area contributed by atoms with Gasteiger partial charge in [0, 0.05) is 20.1 Å². The van der Waals surface area contributed by atoms with Crippen molar-refractivity contribution in [3.05, 3.63) is 0 Å². The fourth-order valence-electron chi connectivity index (χ4n) is 3.98. The van der Waals surface area contributed by atoms with Crippen molar-refractivity contribution in [2.45, 2.75) is 50.5 Å². The number of rotatable bonds is 3. The normalized spacial score (nSPS) is 44.7. The Morgan fingerprint density at radius 2 is 2.05 bits per heavy atom. The lowest BCUT2D eigenvalue weighted by Gasteiger charge is -2.43. The van der Waals surface area contributed by atoms with Crippen molar-refractivity contribution in [3.8, 4) is 0 Å². The summed E-state index contributed by atoms with van der Waals surface area (Å²) in [5.74, 6) is 0.0677. The molecule has 3 aliphatic rings. The Balaban J connectivity index is 1.98. The lowest BCUT2D eigenvalue weighted by Crippen LogP contribution is -2.56. The monoisotopic (exact) mass is 272 g/mol. The van der Waals surface area contributed by atoms with Crippen LogP contribution in [0.5, 0.6) is 0 Å². The van der Waals surface area contributed by atoms with Gasteiger partial charge in [-0.15, -0.1) is 0 Å². The second-order valence-corrected chi connectivity index (χ2v) is 5.48. The quantitative estimate of drug-likeness (QED) is 0.575. The van der Waals surface area contributed by atoms with Gasteiger partial charge < -0.3 is 23.7 Å². The van der Waals surface area contributed by atoms with Crippen molar-refractivity contribution in [1.29, 1.82) is 0 Å². The summed E-state index contributed by atoms with van der Waals surface area (Å²) in [5, 5.41) is 0. The maximum Gasteiger partial charge on any atom is 0.511 e. The van der Waals surface area contributed by atoms with E-state index in [0.717, 1.165) is 19.3 Å². The molecule has 0 N–H and O–H groups in total. The highest BCUT2D eigenvalue weighted by Crippen LogP contribution is 2.55. The van der Waals surface area contributed by atoms with Crippen LogP contribution in [0, 0.1) is 11.8 Å². The molecule has 6 heteroatoms.